The maximum atomic E-state index is 8.69. The lowest BCUT2D eigenvalue weighted by molar-refractivity contribution is 0.312. The Hall–Kier alpha value is -2.30. The number of nitrogens with zero attached hydrogens (tertiary/aromatic N) is 3. The molecule has 0 bridgehead atoms. The molecule has 104 valence electrons. The number of hydrogen-bond acceptors (Lipinski definition) is 3. The standard InChI is InChI=1S/C15H18N4O/c16-14(18-20)8-15(6-7-15)11-19-10-13(9-17-19)12-4-2-1-3-5-12/h1-5,9-10,20H,6-8,11H2,(H2,16,18). The topological polar surface area (TPSA) is 76.4 Å². The summed E-state index contributed by atoms with van der Waals surface area (Å²) in [4.78, 5) is 0. The van der Waals surface area contributed by atoms with Crippen LogP contribution in [-0.4, -0.2) is 20.8 Å². The minimum absolute atomic E-state index is 0.121. The monoisotopic (exact) mass is 270 g/mol. The van der Waals surface area contributed by atoms with Gasteiger partial charge in [-0.2, -0.15) is 5.10 Å². The van der Waals surface area contributed by atoms with Gasteiger partial charge in [0.1, 0.15) is 5.84 Å². The number of benzene rings is 1. The first kappa shape index (κ1) is 12.7. The Balaban J connectivity index is 1.72. The molecular formula is C15H18N4O. The van der Waals surface area contributed by atoms with Crippen LogP contribution in [0.4, 0.5) is 0 Å². The van der Waals surface area contributed by atoms with Crippen LogP contribution >= 0.6 is 0 Å². The van der Waals surface area contributed by atoms with Crippen LogP contribution < -0.4 is 5.73 Å². The van der Waals surface area contributed by atoms with Crippen molar-refractivity contribution in [3.63, 3.8) is 0 Å². The average Bonchev–Trinajstić information content (AvgIpc) is 3.06. The van der Waals surface area contributed by atoms with E-state index in [0.29, 0.717) is 12.3 Å². The lowest BCUT2D eigenvalue weighted by Gasteiger charge is -2.13. The predicted molar refractivity (Wildman–Crippen MR) is 77.4 cm³/mol. The van der Waals surface area contributed by atoms with E-state index in [9.17, 15) is 0 Å². The molecule has 2 aromatic rings. The second kappa shape index (κ2) is 5.00. The number of hydrogen-bond donors (Lipinski definition) is 2. The molecule has 0 radical (unpaired) electrons. The van der Waals surface area contributed by atoms with Gasteiger partial charge in [-0.25, -0.2) is 0 Å². The van der Waals surface area contributed by atoms with Crippen LogP contribution in [0.5, 0.6) is 0 Å². The molecule has 20 heavy (non-hydrogen) atoms. The van der Waals surface area contributed by atoms with Gasteiger partial charge in [0.05, 0.1) is 6.20 Å². The summed E-state index contributed by atoms with van der Waals surface area (Å²) in [5.74, 6) is 0.304. The number of aromatic nitrogens is 2. The van der Waals surface area contributed by atoms with Crippen molar-refractivity contribution < 1.29 is 5.21 Å². The first-order valence-electron chi connectivity index (χ1n) is 6.75. The fourth-order valence-corrected chi connectivity index (χ4v) is 2.56. The van der Waals surface area contributed by atoms with Crippen LogP contribution in [-0.2, 0) is 6.54 Å². The number of nitrogens with two attached hydrogens (primary N) is 1. The van der Waals surface area contributed by atoms with E-state index in [1.807, 2.05) is 29.1 Å². The van der Waals surface area contributed by atoms with Crippen molar-refractivity contribution >= 4 is 5.84 Å². The third-order valence-corrected chi connectivity index (χ3v) is 3.88. The van der Waals surface area contributed by atoms with Crippen LogP contribution in [0.2, 0.25) is 0 Å². The Morgan fingerprint density at radius 2 is 2.05 bits per heavy atom. The van der Waals surface area contributed by atoms with Crippen molar-refractivity contribution in [1.29, 1.82) is 0 Å². The maximum Gasteiger partial charge on any atom is 0.139 e. The van der Waals surface area contributed by atoms with E-state index in [0.717, 1.165) is 24.9 Å². The molecule has 1 aromatic carbocycles. The Kier molecular flexibility index (Phi) is 3.18. The van der Waals surface area contributed by atoms with Crippen LogP contribution in [0.1, 0.15) is 19.3 Å². The number of oxime groups is 1. The summed E-state index contributed by atoms with van der Waals surface area (Å²) in [6.07, 6.45) is 6.77. The van der Waals surface area contributed by atoms with Crippen LogP contribution in [0, 0.1) is 5.41 Å². The van der Waals surface area contributed by atoms with Gasteiger partial charge in [-0.05, 0) is 23.8 Å². The molecule has 0 unspecified atom stereocenters. The van der Waals surface area contributed by atoms with Gasteiger partial charge in [-0.15, -0.1) is 0 Å². The van der Waals surface area contributed by atoms with Crippen molar-refractivity contribution in [2.45, 2.75) is 25.8 Å². The highest BCUT2D eigenvalue weighted by Crippen LogP contribution is 2.50. The molecule has 0 spiro atoms. The van der Waals surface area contributed by atoms with Crippen molar-refractivity contribution in [3.05, 3.63) is 42.7 Å². The fourth-order valence-electron chi connectivity index (χ4n) is 2.56. The van der Waals surface area contributed by atoms with Gasteiger partial charge in [0.25, 0.3) is 0 Å². The van der Waals surface area contributed by atoms with Gasteiger partial charge in [0.15, 0.2) is 0 Å². The van der Waals surface area contributed by atoms with Crippen LogP contribution in [0.25, 0.3) is 11.1 Å². The molecule has 1 saturated carbocycles. The highest BCUT2D eigenvalue weighted by Gasteiger charge is 2.43. The van der Waals surface area contributed by atoms with Gasteiger partial charge in [-0.3, -0.25) is 4.68 Å². The van der Waals surface area contributed by atoms with Crippen LogP contribution in [0.3, 0.4) is 0 Å². The third-order valence-electron chi connectivity index (χ3n) is 3.88. The molecule has 0 atom stereocenters. The van der Waals surface area contributed by atoms with E-state index in [2.05, 4.69) is 28.6 Å². The van der Waals surface area contributed by atoms with Crippen molar-refractivity contribution in [3.8, 4) is 11.1 Å². The maximum absolute atomic E-state index is 8.69. The molecule has 1 heterocycles. The minimum atomic E-state index is 0.121. The molecule has 3 rings (SSSR count). The van der Waals surface area contributed by atoms with Crippen molar-refractivity contribution in [1.82, 2.24) is 9.78 Å². The SMILES string of the molecule is NC(CC1(Cn2cc(-c3ccccc3)cn2)CC1)=NO. The summed E-state index contributed by atoms with van der Waals surface area (Å²) in [5, 5.41) is 16.2. The smallest absolute Gasteiger partial charge is 0.139 e. The Morgan fingerprint density at radius 3 is 2.70 bits per heavy atom. The number of amidine groups is 1. The lowest BCUT2D eigenvalue weighted by Crippen LogP contribution is -2.21. The molecule has 0 amide bonds. The summed E-state index contributed by atoms with van der Waals surface area (Å²) >= 11 is 0. The Morgan fingerprint density at radius 1 is 1.30 bits per heavy atom. The fraction of sp³-hybridized carbons (Fsp3) is 0.333. The molecular weight excluding hydrogens is 252 g/mol. The first-order valence-corrected chi connectivity index (χ1v) is 6.75. The molecule has 3 N–H and O–H groups in total. The predicted octanol–water partition coefficient (Wildman–Crippen LogP) is 2.47. The second-order valence-corrected chi connectivity index (χ2v) is 5.56. The minimum Gasteiger partial charge on any atom is -0.409 e. The van der Waals surface area contributed by atoms with Crippen molar-refractivity contribution in [2.24, 2.45) is 16.3 Å². The van der Waals surface area contributed by atoms with E-state index in [-0.39, 0.29) is 5.41 Å². The first-order chi connectivity index (χ1) is 9.71. The van der Waals surface area contributed by atoms with E-state index in [4.69, 9.17) is 10.9 Å². The van der Waals surface area contributed by atoms with E-state index < -0.39 is 0 Å². The molecule has 1 aromatic heterocycles. The quantitative estimate of drug-likeness (QED) is 0.379. The van der Waals surface area contributed by atoms with Gasteiger partial charge in [0, 0.05) is 24.7 Å². The summed E-state index contributed by atoms with van der Waals surface area (Å²) in [6, 6.07) is 10.2. The van der Waals surface area contributed by atoms with E-state index in [1.54, 1.807) is 0 Å². The average molecular weight is 270 g/mol. The summed E-state index contributed by atoms with van der Waals surface area (Å²) < 4.78 is 1.96. The largest absolute Gasteiger partial charge is 0.409 e. The van der Waals surface area contributed by atoms with E-state index >= 15 is 0 Å². The zero-order valence-electron chi connectivity index (χ0n) is 11.2. The summed E-state index contributed by atoms with van der Waals surface area (Å²) in [7, 11) is 0. The van der Waals surface area contributed by atoms with Crippen LogP contribution in [0.15, 0.2) is 47.9 Å². The van der Waals surface area contributed by atoms with Crippen molar-refractivity contribution in [2.75, 3.05) is 0 Å². The summed E-state index contributed by atoms with van der Waals surface area (Å²) in [6.45, 7) is 0.816. The zero-order chi connectivity index (χ0) is 14.0. The molecule has 5 nitrogen and oxygen atoms in total. The van der Waals surface area contributed by atoms with Gasteiger partial charge < -0.3 is 10.9 Å². The normalized spacial score (nSPS) is 17.1. The third kappa shape index (κ3) is 2.66. The second-order valence-electron chi connectivity index (χ2n) is 5.56. The summed E-state index contributed by atoms with van der Waals surface area (Å²) in [5.41, 5.74) is 8.02. The van der Waals surface area contributed by atoms with Gasteiger partial charge >= 0.3 is 0 Å². The molecule has 1 aliphatic carbocycles. The molecule has 1 aliphatic rings. The molecule has 5 heteroatoms. The number of rotatable bonds is 5. The highest BCUT2D eigenvalue weighted by atomic mass is 16.4. The molecule has 0 aliphatic heterocycles. The Labute approximate surface area is 117 Å². The van der Waals surface area contributed by atoms with Gasteiger partial charge in [-0.1, -0.05) is 35.5 Å². The van der Waals surface area contributed by atoms with Gasteiger partial charge in [0.2, 0.25) is 0 Å². The highest BCUT2D eigenvalue weighted by molar-refractivity contribution is 5.80. The molecule has 0 saturated heterocycles. The lowest BCUT2D eigenvalue weighted by atomic mass is 10.0. The Bertz CT molecular complexity index is 614. The van der Waals surface area contributed by atoms with E-state index in [1.165, 1.54) is 5.56 Å². The zero-order valence-corrected chi connectivity index (χ0v) is 11.2. The molecule has 1 fully saturated rings.